The second-order valence-corrected chi connectivity index (χ2v) is 14.4. The Hall–Kier alpha value is -3.71. The van der Waals surface area contributed by atoms with E-state index >= 15 is 0 Å². The summed E-state index contributed by atoms with van der Waals surface area (Å²) < 4.78 is 0. The van der Waals surface area contributed by atoms with Crippen LogP contribution >= 0.6 is 0 Å². The van der Waals surface area contributed by atoms with Crippen LogP contribution in [0.5, 0.6) is 0 Å². The summed E-state index contributed by atoms with van der Waals surface area (Å²) in [6, 6.07) is -3.53. The lowest BCUT2D eigenvalue weighted by Gasteiger charge is -2.21. The van der Waals surface area contributed by atoms with Crippen molar-refractivity contribution < 1.29 is 48.9 Å². The third-order valence-electron chi connectivity index (χ3n) is 9.45. The molecule has 0 aromatic carbocycles. The molecule has 14 nitrogen and oxygen atoms in total. The van der Waals surface area contributed by atoms with Crippen LogP contribution in [0.3, 0.4) is 0 Å². The number of rotatable bonds is 37. The lowest BCUT2D eigenvalue weighted by atomic mass is 10.1. The molecule has 4 amide bonds. The maximum atomic E-state index is 13.0. The Bertz CT molecular complexity index is 1090. The minimum Gasteiger partial charge on any atom is -0.481 e. The SMILES string of the molecule is CCCCCCCCCCCC(=O)NC(CCC(=O)O)C(=O)NCCCCC(NC(=O)C(CCC(=O)O)NC(=O)CCCCCCCCCCC)C(=O)O. The fraction of sp³-hybridized carbons (Fsp3) is 0.825. The third kappa shape index (κ3) is 29.7. The van der Waals surface area contributed by atoms with Crippen LogP contribution in [0.15, 0.2) is 0 Å². The van der Waals surface area contributed by atoms with Crippen LogP contribution in [-0.2, 0) is 33.6 Å². The van der Waals surface area contributed by atoms with Crippen LogP contribution in [0.1, 0.15) is 187 Å². The van der Waals surface area contributed by atoms with Gasteiger partial charge in [-0.05, 0) is 44.9 Å². The molecule has 0 saturated heterocycles. The van der Waals surface area contributed by atoms with E-state index in [0.717, 1.165) is 44.9 Å². The minimum absolute atomic E-state index is 0.00685. The first-order valence-electron chi connectivity index (χ1n) is 20.7. The molecule has 0 aliphatic heterocycles. The zero-order chi connectivity index (χ0) is 40.4. The van der Waals surface area contributed by atoms with Crippen LogP contribution in [0, 0.1) is 0 Å². The van der Waals surface area contributed by atoms with Gasteiger partial charge in [0.25, 0.3) is 0 Å². The van der Waals surface area contributed by atoms with E-state index in [0.29, 0.717) is 19.3 Å². The first-order valence-corrected chi connectivity index (χ1v) is 20.7. The molecule has 3 atom stereocenters. The second kappa shape index (κ2) is 33.8. The average molecular weight is 769 g/mol. The van der Waals surface area contributed by atoms with Gasteiger partial charge in [0.05, 0.1) is 0 Å². The van der Waals surface area contributed by atoms with E-state index in [1.165, 1.54) is 57.8 Å². The molecular weight excluding hydrogens is 696 g/mol. The molecule has 3 unspecified atom stereocenters. The number of hydrogen-bond donors (Lipinski definition) is 7. The summed E-state index contributed by atoms with van der Waals surface area (Å²) in [4.78, 5) is 85.3. The van der Waals surface area contributed by atoms with Crippen LogP contribution in [-0.4, -0.2) is 81.5 Å². The van der Waals surface area contributed by atoms with Gasteiger partial charge in [0.2, 0.25) is 23.6 Å². The summed E-state index contributed by atoms with van der Waals surface area (Å²) in [5.41, 5.74) is 0. The zero-order valence-corrected chi connectivity index (χ0v) is 33.2. The minimum atomic E-state index is -1.31. The molecule has 0 aromatic rings. The molecule has 14 heteroatoms. The van der Waals surface area contributed by atoms with Crippen molar-refractivity contribution in [3.63, 3.8) is 0 Å². The van der Waals surface area contributed by atoms with Gasteiger partial charge in [0.1, 0.15) is 18.1 Å². The van der Waals surface area contributed by atoms with Crippen LogP contribution in [0.25, 0.3) is 0 Å². The van der Waals surface area contributed by atoms with Gasteiger partial charge in [-0.25, -0.2) is 4.79 Å². The summed E-state index contributed by atoms with van der Waals surface area (Å²) in [6.07, 6.45) is 19.6. The van der Waals surface area contributed by atoms with Gasteiger partial charge in [-0.3, -0.25) is 28.8 Å². The highest BCUT2D eigenvalue weighted by Crippen LogP contribution is 2.13. The number of aliphatic carboxylic acids is 3. The lowest BCUT2D eigenvalue weighted by molar-refractivity contribution is -0.143. The van der Waals surface area contributed by atoms with Crippen molar-refractivity contribution in [3.05, 3.63) is 0 Å². The van der Waals surface area contributed by atoms with Crippen molar-refractivity contribution in [1.29, 1.82) is 0 Å². The first kappa shape index (κ1) is 50.3. The monoisotopic (exact) mass is 769 g/mol. The maximum Gasteiger partial charge on any atom is 0.326 e. The molecule has 0 aliphatic rings. The lowest BCUT2D eigenvalue weighted by Crippen LogP contribution is -2.51. The molecule has 0 radical (unpaired) electrons. The van der Waals surface area contributed by atoms with Gasteiger partial charge < -0.3 is 36.6 Å². The maximum absolute atomic E-state index is 13.0. The second-order valence-electron chi connectivity index (χ2n) is 14.4. The number of hydrogen-bond acceptors (Lipinski definition) is 7. The van der Waals surface area contributed by atoms with Crippen molar-refractivity contribution in [1.82, 2.24) is 21.3 Å². The quantitative estimate of drug-likeness (QED) is 0.0345. The van der Waals surface area contributed by atoms with E-state index < -0.39 is 53.8 Å². The standard InChI is InChI=1S/C40H72N4O10/c1-3-5-7-9-11-13-15-17-19-24-34(45)42-31(26-28-36(47)48)38(51)41-30-22-21-23-33(40(53)54)44-39(52)32(27-29-37(49)50)43-35(46)25-20-18-16-14-12-10-8-6-4-2/h31-33H,3-30H2,1-2H3,(H,41,51)(H,42,45)(H,43,46)(H,44,52)(H,47,48)(H,49,50)(H,53,54). The van der Waals surface area contributed by atoms with Crippen LogP contribution in [0.2, 0.25) is 0 Å². The molecule has 0 heterocycles. The van der Waals surface area contributed by atoms with Crippen molar-refractivity contribution in [2.45, 2.75) is 205 Å². The Balaban J connectivity index is 4.77. The number of carbonyl (C=O) groups is 7. The summed E-state index contributed by atoms with van der Waals surface area (Å²) in [5.74, 6) is -5.56. The van der Waals surface area contributed by atoms with Gasteiger partial charge in [-0.15, -0.1) is 0 Å². The molecule has 54 heavy (non-hydrogen) atoms. The number of carboxylic acids is 3. The Labute approximate surface area is 323 Å². The Morgan fingerprint density at radius 3 is 1.19 bits per heavy atom. The predicted molar refractivity (Wildman–Crippen MR) is 208 cm³/mol. The van der Waals surface area contributed by atoms with Crippen molar-refractivity contribution in [3.8, 4) is 0 Å². The Morgan fingerprint density at radius 1 is 0.407 bits per heavy atom. The highest BCUT2D eigenvalue weighted by molar-refractivity contribution is 5.91. The Morgan fingerprint density at radius 2 is 0.796 bits per heavy atom. The van der Waals surface area contributed by atoms with Gasteiger partial charge in [0.15, 0.2) is 0 Å². The molecular formula is C40H72N4O10. The number of amides is 4. The molecule has 0 aliphatic carbocycles. The van der Waals surface area contributed by atoms with Crippen molar-refractivity contribution >= 4 is 41.5 Å². The van der Waals surface area contributed by atoms with Gasteiger partial charge >= 0.3 is 17.9 Å². The third-order valence-corrected chi connectivity index (χ3v) is 9.45. The number of carbonyl (C=O) groups excluding carboxylic acids is 4. The van der Waals surface area contributed by atoms with E-state index in [9.17, 15) is 38.7 Å². The molecule has 0 saturated carbocycles. The van der Waals surface area contributed by atoms with Crippen molar-refractivity contribution in [2.75, 3.05) is 6.54 Å². The molecule has 7 N–H and O–H groups in total. The molecule has 0 rings (SSSR count). The zero-order valence-electron chi connectivity index (χ0n) is 33.2. The van der Waals surface area contributed by atoms with E-state index in [-0.39, 0.29) is 63.8 Å². The summed E-state index contributed by atoms with van der Waals surface area (Å²) in [7, 11) is 0. The number of nitrogens with one attached hydrogen (secondary N) is 4. The summed E-state index contributed by atoms with van der Waals surface area (Å²) >= 11 is 0. The smallest absolute Gasteiger partial charge is 0.326 e. The fourth-order valence-corrected chi connectivity index (χ4v) is 6.14. The van der Waals surface area contributed by atoms with E-state index in [1.807, 2.05) is 0 Å². The highest BCUT2D eigenvalue weighted by atomic mass is 16.4. The van der Waals surface area contributed by atoms with E-state index in [4.69, 9.17) is 10.2 Å². The van der Waals surface area contributed by atoms with E-state index in [1.54, 1.807) is 0 Å². The highest BCUT2D eigenvalue weighted by Gasteiger charge is 2.27. The average Bonchev–Trinajstić information content (AvgIpc) is 3.12. The Kier molecular flexibility index (Phi) is 31.5. The number of unbranched alkanes of at least 4 members (excludes halogenated alkanes) is 17. The normalized spacial score (nSPS) is 12.6. The molecule has 0 spiro atoms. The molecule has 0 fully saturated rings. The largest absolute Gasteiger partial charge is 0.481 e. The summed E-state index contributed by atoms with van der Waals surface area (Å²) in [5, 5.41) is 38.4. The fourth-order valence-electron chi connectivity index (χ4n) is 6.14. The molecule has 312 valence electrons. The van der Waals surface area contributed by atoms with Gasteiger partial charge in [-0.2, -0.15) is 0 Å². The van der Waals surface area contributed by atoms with Crippen LogP contribution < -0.4 is 21.3 Å². The van der Waals surface area contributed by atoms with Gasteiger partial charge in [-0.1, -0.05) is 117 Å². The summed E-state index contributed by atoms with van der Waals surface area (Å²) in [6.45, 7) is 4.49. The van der Waals surface area contributed by atoms with Gasteiger partial charge in [0, 0.05) is 32.2 Å². The predicted octanol–water partition coefficient (Wildman–Crippen LogP) is 6.38. The van der Waals surface area contributed by atoms with Crippen LogP contribution in [0.4, 0.5) is 0 Å². The van der Waals surface area contributed by atoms with Crippen molar-refractivity contribution in [2.24, 2.45) is 0 Å². The van der Waals surface area contributed by atoms with E-state index in [2.05, 4.69) is 35.1 Å². The number of carboxylic acid groups (broad SMARTS) is 3. The topological polar surface area (TPSA) is 228 Å². The molecule has 0 bridgehead atoms. The first-order chi connectivity index (χ1) is 25.9. The molecule has 0 aromatic heterocycles.